The van der Waals surface area contributed by atoms with Crippen LogP contribution in [0.1, 0.15) is 5.56 Å². The van der Waals surface area contributed by atoms with Crippen LogP contribution in [0.25, 0.3) is 11.1 Å². The van der Waals surface area contributed by atoms with E-state index in [4.69, 9.17) is 10.00 Å². The highest BCUT2D eigenvalue weighted by molar-refractivity contribution is 5.67. The molecule has 0 saturated carbocycles. The minimum absolute atomic E-state index is 0.119. The van der Waals surface area contributed by atoms with Gasteiger partial charge in [-0.1, -0.05) is 12.1 Å². The first-order chi connectivity index (χ1) is 8.65. The van der Waals surface area contributed by atoms with Gasteiger partial charge in [-0.3, -0.25) is 0 Å². The zero-order valence-electron chi connectivity index (χ0n) is 9.64. The molecule has 2 aromatic rings. The fourth-order valence-corrected chi connectivity index (χ4v) is 1.65. The number of ether oxygens (including phenoxy) is 1. The third-order valence-corrected chi connectivity index (χ3v) is 2.60. The number of phenolic OH excluding ortho intramolecular Hbond substituents is 1. The summed E-state index contributed by atoms with van der Waals surface area (Å²) in [6.07, 6.45) is 0. The van der Waals surface area contributed by atoms with E-state index in [9.17, 15) is 9.50 Å². The highest BCUT2D eigenvalue weighted by atomic mass is 19.1. The second-order valence-electron chi connectivity index (χ2n) is 3.69. The second-order valence-corrected chi connectivity index (χ2v) is 3.69. The zero-order chi connectivity index (χ0) is 13.1. The Labute approximate surface area is 104 Å². The maximum absolute atomic E-state index is 13.5. The number of halogens is 1. The Morgan fingerprint density at radius 3 is 2.39 bits per heavy atom. The van der Waals surface area contributed by atoms with E-state index in [0.29, 0.717) is 11.1 Å². The average Bonchev–Trinajstić information content (AvgIpc) is 2.38. The van der Waals surface area contributed by atoms with Crippen molar-refractivity contribution in [1.82, 2.24) is 0 Å². The van der Waals surface area contributed by atoms with Gasteiger partial charge in [0.2, 0.25) is 0 Å². The van der Waals surface area contributed by atoms with Crippen LogP contribution in [0.5, 0.6) is 11.5 Å². The number of nitriles is 1. The number of benzene rings is 2. The topological polar surface area (TPSA) is 53.2 Å². The first-order valence-electron chi connectivity index (χ1n) is 5.22. The molecular weight excluding hydrogens is 233 g/mol. The van der Waals surface area contributed by atoms with Gasteiger partial charge in [-0.15, -0.1) is 0 Å². The van der Waals surface area contributed by atoms with Crippen LogP contribution >= 0.6 is 0 Å². The molecule has 0 saturated heterocycles. The first-order valence-corrected chi connectivity index (χ1v) is 5.22. The monoisotopic (exact) mass is 243 g/mol. The molecule has 0 bridgehead atoms. The molecule has 2 rings (SSSR count). The summed E-state index contributed by atoms with van der Waals surface area (Å²) >= 11 is 0. The van der Waals surface area contributed by atoms with Crippen LogP contribution in [0.4, 0.5) is 4.39 Å². The normalized spacial score (nSPS) is 9.83. The van der Waals surface area contributed by atoms with Crippen molar-refractivity contribution >= 4 is 0 Å². The number of rotatable bonds is 2. The summed E-state index contributed by atoms with van der Waals surface area (Å²) in [6.45, 7) is 0. The molecule has 0 unspecified atom stereocenters. The lowest BCUT2D eigenvalue weighted by Gasteiger charge is -2.06. The summed E-state index contributed by atoms with van der Waals surface area (Å²) in [5.41, 5.74) is 1.42. The molecule has 0 aliphatic heterocycles. The molecule has 0 heterocycles. The third kappa shape index (κ3) is 2.11. The lowest BCUT2D eigenvalue weighted by atomic mass is 10.0. The van der Waals surface area contributed by atoms with Crippen LogP contribution < -0.4 is 4.74 Å². The standard InChI is InChI=1S/C14H10FNO2/c1-18-14-5-4-9(6-12(14)15)10-2-3-11(8-16)13(17)7-10/h2-7,17H,1H3. The van der Waals surface area contributed by atoms with Gasteiger partial charge in [0.25, 0.3) is 0 Å². The van der Waals surface area contributed by atoms with Crippen molar-refractivity contribution in [2.24, 2.45) is 0 Å². The molecule has 0 radical (unpaired) electrons. The molecule has 90 valence electrons. The predicted molar refractivity (Wildman–Crippen MR) is 64.8 cm³/mol. The molecule has 0 aliphatic rings. The van der Waals surface area contributed by atoms with E-state index < -0.39 is 5.82 Å². The van der Waals surface area contributed by atoms with Crippen molar-refractivity contribution in [2.75, 3.05) is 7.11 Å². The van der Waals surface area contributed by atoms with Crippen molar-refractivity contribution in [2.45, 2.75) is 0 Å². The van der Waals surface area contributed by atoms with Crippen LogP contribution in [-0.4, -0.2) is 12.2 Å². The fourth-order valence-electron chi connectivity index (χ4n) is 1.65. The SMILES string of the molecule is COc1ccc(-c2ccc(C#N)c(O)c2)cc1F. The quantitative estimate of drug-likeness (QED) is 0.881. The molecule has 4 heteroatoms. The summed E-state index contributed by atoms with van der Waals surface area (Å²) in [6, 6.07) is 11.0. The van der Waals surface area contributed by atoms with Gasteiger partial charge < -0.3 is 9.84 Å². The average molecular weight is 243 g/mol. The summed E-state index contributed by atoms with van der Waals surface area (Å²) in [5, 5.41) is 18.3. The Bertz CT molecular complexity index is 632. The molecular formula is C14H10FNO2. The van der Waals surface area contributed by atoms with Crippen LogP contribution in [0, 0.1) is 17.1 Å². The molecule has 0 aliphatic carbocycles. The van der Waals surface area contributed by atoms with E-state index in [1.807, 2.05) is 6.07 Å². The van der Waals surface area contributed by atoms with Gasteiger partial charge in [0.15, 0.2) is 11.6 Å². The smallest absolute Gasteiger partial charge is 0.165 e. The Balaban J connectivity index is 2.46. The Kier molecular flexibility index (Phi) is 3.16. The largest absolute Gasteiger partial charge is 0.507 e. The van der Waals surface area contributed by atoms with E-state index in [2.05, 4.69) is 0 Å². The summed E-state index contributed by atoms with van der Waals surface area (Å²) in [4.78, 5) is 0. The number of hydrogen-bond acceptors (Lipinski definition) is 3. The fraction of sp³-hybridized carbons (Fsp3) is 0.0714. The van der Waals surface area contributed by atoms with Crippen molar-refractivity contribution in [1.29, 1.82) is 5.26 Å². The molecule has 0 amide bonds. The van der Waals surface area contributed by atoms with E-state index in [1.165, 1.54) is 31.4 Å². The van der Waals surface area contributed by atoms with Gasteiger partial charge in [-0.2, -0.15) is 5.26 Å². The zero-order valence-corrected chi connectivity index (χ0v) is 9.64. The molecule has 0 fully saturated rings. The van der Waals surface area contributed by atoms with Gasteiger partial charge in [0, 0.05) is 0 Å². The highest BCUT2D eigenvalue weighted by Crippen LogP contribution is 2.29. The molecule has 1 N–H and O–H groups in total. The molecule has 2 aromatic carbocycles. The van der Waals surface area contributed by atoms with E-state index in [-0.39, 0.29) is 17.1 Å². The Hall–Kier alpha value is -2.54. The van der Waals surface area contributed by atoms with Crippen LogP contribution in [-0.2, 0) is 0 Å². The van der Waals surface area contributed by atoms with Crippen molar-refractivity contribution in [3.63, 3.8) is 0 Å². The highest BCUT2D eigenvalue weighted by Gasteiger charge is 2.07. The van der Waals surface area contributed by atoms with Gasteiger partial charge in [0.1, 0.15) is 11.8 Å². The minimum atomic E-state index is -0.473. The molecule has 18 heavy (non-hydrogen) atoms. The third-order valence-electron chi connectivity index (χ3n) is 2.60. The summed E-state index contributed by atoms with van der Waals surface area (Å²) in [7, 11) is 1.39. The summed E-state index contributed by atoms with van der Waals surface area (Å²) in [5.74, 6) is -0.429. The Morgan fingerprint density at radius 2 is 1.83 bits per heavy atom. The molecule has 0 atom stereocenters. The molecule has 0 aromatic heterocycles. The van der Waals surface area contributed by atoms with Crippen LogP contribution in [0.15, 0.2) is 36.4 Å². The van der Waals surface area contributed by atoms with Gasteiger partial charge in [0.05, 0.1) is 12.7 Å². The van der Waals surface area contributed by atoms with E-state index in [0.717, 1.165) is 0 Å². The van der Waals surface area contributed by atoms with Gasteiger partial charge in [-0.25, -0.2) is 4.39 Å². The maximum Gasteiger partial charge on any atom is 0.165 e. The van der Waals surface area contributed by atoms with E-state index >= 15 is 0 Å². The first kappa shape index (κ1) is 11.9. The maximum atomic E-state index is 13.5. The number of hydrogen-bond donors (Lipinski definition) is 1. The van der Waals surface area contributed by atoms with Crippen molar-refractivity contribution < 1.29 is 14.2 Å². The van der Waals surface area contributed by atoms with Crippen LogP contribution in [0.2, 0.25) is 0 Å². The molecule has 0 spiro atoms. The predicted octanol–water partition coefficient (Wildman–Crippen LogP) is 3.08. The van der Waals surface area contributed by atoms with Crippen LogP contribution in [0.3, 0.4) is 0 Å². The Morgan fingerprint density at radius 1 is 1.17 bits per heavy atom. The van der Waals surface area contributed by atoms with Gasteiger partial charge >= 0.3 is 0 Å². The second kappa shape index (κ2) is 4.76. The number of aromatic hydroxyl groups is 1. The number of methoxy groups -OCH3 is 1. The number of nitrogens with zero attached hydrogens (tertiary/aromatic N) is 1. The van der Waals surface area contributed by atoms with Crippen molar-refractivity contribution in [3.05, 3.63) is 47.8 Å². The summed E-state index contributed by atoms with van der Waals surface area (Å²) < 4.78 is 18.4. The van der Waals surface area contributed by atoms with Gasteiger partial charge in [-0.05, 0) is 35.4 Å². The van der Waals surface area contributed by atoms with Crippen molar-refractivity contribution in [3.8, 4) is 28.7 Å². The lowest BCUT2D eigenvalue weighted by Crippen LogP contribution is -1.88. The number of phenols is 1. The lowest BCUT2D eigenvalue weighted by molar-refractivity contribution is 0.386. The van der Waals surface area contributed by atoms with E-state index in [1.54, 1.807) is 12.1 Å². The minimum Gasteiger partial charge on any atom is -0.507 e. The molecule has 3 nitrogen and oxygen atoms in total.